The maximum atomic E-state index is 11.8. The predicted octanol–water partition coefficient (Wildman–Crippen LogP) is -2.26. The summed E-state index contributed by atoms with van der Waals surface area (Å²) in [6, 6.07) is -1.33. The van der Waals surface area contributed by atoms with Crippen LogP contribution in [0.3, 0.4) is 0 Å². The smallest absolute Gasteiger partial charge is 0.347 e. The zero-order valence-corrected chi connectivity index (χ0v) is 8.52. The van der Waals surface area contributed by atoms with E-state index < -0.39 is 35.7 Å². The average molecular weight is 225 g/mol. The van der Waals surface area contributed by atoms with E-state index in [1.54, 1.807) is 12.2 Å². The first-order chi connectivity index (χ1) is 7.54. The Labute approximate surface area is 89.4 Å². The molecule has 7 nitrogen and oxygen atoms in total. The van der Waals surface area contributed by atoms with Crippen molar-refractivity contribution in [2.45, 2.75) is 24.3 Å². The molecule has 1 aliphatic carbocycles. The Kier molecular flexibility index (Phi) is 1.65. The van der Waals surface area contributed by atoms with Gasteiger partial charge in [0.05, 0.1) is 0 Å². The highest BCUT2D eigenvalue weighted by Gasteiger charge is 2.45. The maximum absolute atomic E-state index is 11.8. The molecule has 0 radical (unpaired) electrons. The molecule has 0 saturated heterocycles. The molecule has 4 rings (SSSR count). The Morgan fingerprint density at radius 2 is 1.38 bits per heavy atom. The van der Waals surface area contributed by atoms with Gasteiger partial charge in [-0.1, -0.05) is 12.2 Å². The maximum Gasteiger partial charge on any atom is 0.347 e. The molecule has 86 valence electrons. The fourth-order valence-corrected chi connectivity index (χ4v) is 2.43. The first kappa shape index (κ1) is 9.61. The monoisotopic (exact) mass is 225 g/mol. The fraction of sp³-hybridized carbons (Fsp3) is 0.556. The molecule has 0 aromatic carbocycles. The van der Waals surface area contributed by atoms with Gasteiger partial charge in [-0.15, -0.1) is 0 Å². The van der Waals surface area contributed by atoms with Crippen molar-refractivity contribution in [3.05, 3.63) is 33.1 Å². The molecule has 0 fully saturated rings. The van der Waals surface area contributed by atoms with Gasteiger partial charge in [-0.3, -0.25) is 0 Å². The average Bonchev–Trinajstić information content (AvgIpc) is 2.51. The topological polar surface area (TPSA) is 89.4 Å². The summed E-state index contributed by atoms with van der Waals surface area (Å²) < 4.78 is 3.37. The number of aliphatic hydroxyl groups excluding tert-OH is 2. The zero-order chi connectivity index (χ0) is 11.6. The van der Waals surface area contributed by atoms with Crippen LogP contribution in [0.2, 0.25) is 0 Å². The largest absolute Gasteiger partial charge is 0.388 e. The van der Waals surface area contributed by atoms with E-state index in [0.717, 1.165) is 4.57 Å². The molecule has 2 bridgehead atoms. The highest BCUT2D eigenvalue weighted by Crippen LogP contribution is 2.33. The number of aliphatic hydroxyl groups is 2. The first-order valence-electron chi connectivity index (χ1n) is 4.98. The van der Waals surface area contributed by atoms with Crippen molar-refractivity contribution in [2.24, 2.45) is 7.05 Å². The van der Waals surface area contributed by atoms with Gasteiger partial charge in [0.2, 0.25) is 0 Å². The molecule has 4 atom stereocenters. The molecule has 0 spiro atoms. The lowest BCUT2D eigenvalue weighted by atomic mass is 9.90. The van der Waals surface area contributed by atoms with Gasteiger partial charge in [0.1, 0.15) is 24.3 Å². The van der Waals surface area contributed by atoms with Gasteiger partial charge in [-0.2, -0.15) is 0 Å². The van der Waals surface area contributed by atoms with Crippen LogP contribution in [0.15, 0.2) is 21.7 Å². The Bertz CT molecular complexity index is 543. The second-order valence-electron chi connectivity index (χ2n) is 4.16. The third-order valence-electron chi connectivity index (χ3n) is 3.32. The highest BCUT2D eigenvalue weighted by molar-refractivity contribution is 5.15. The lowest BCUT2D eigenvalue weighted by molar-refractivity contribution is -0.0646. The lowest BCUT2D eigenvalue weighted by Crippen LogP contribution is -2.54. The van der Waals surface area contributed by atoms with Gasteiger partial charge in [0, 0.05) is 7.05 Å². The lowest BCUT2D eigenvalue weighted by Gasteiger charge is -2.40. The Morgan fingerprint density at radius 3 is 1.75 bits per heavy atom. The summed E-state index contributed by atoms with van der Waals surface area (Å²) in [5, 5.41) is 19.5. The molecular formula is C9H11N3O4. The molecular weight excluding hydrogens is 214 g/mol. The van der Waals surface area contributed by atoms with Crippen molar-refractivity contribution in [1.29, 1.82) is 0 Å². The SMILES string of the molecule is Cn1c(=O)n2n(c1=O)C1C=CC2C(O)C1O. The minimum atomic E-state index is -1.05. The van der Waals surface area contributed by atoms with Crippen LogP contribution in [0.5, 0.6) is 0 Å². The molecule has 1 aromatic rings. The fourth-order valence-electron chi connectivity index (χ4n) is 2.43. The van der Waals surface area contributed by atoms with Gasteiger partial charge in [-0.25, -0.2) is 23.5 Å². The highest BCUT2D eigenvalue weighted by atomic mass is 16.3. The van der Waals surface area contributed by atoms with E-state index >= 15 is 0 Å². The molecule has 4 unspecified atom stereocenters. The Balaban J connectivity index is 2.39. The quantitative estimate of drug-likeness (QED) is 0.487. The van der Waals surface area contributed by atoms with Crippen LogP contribution < -0.4 is 11.4 Å². The van der Waals surface area contributed by atoms with Crippen LogP contribution in [0.25, 0.3) is 0 Å². The molecule has 3 heterocycles. The second-order valence-corrected chi connectivity index (χ2v) is 4.16. The van der Waals surface area contributed by atoms with Crippen LogP contribution >= 0.6 is 0 Å². The normalized spacial score (nSPS) is 35.4. The van der Waals surface area contributed by atoms with Crippen molar-refractivity contribution in [3.63, 3.8) is 0 Å². The van der Waals surface area contributed by atoms with E-state index in [-0.39, 0.29) is 0 Å². The van der Waals surface area contributed by atoms with Crippen LogP contribution in [0.1, 0.15) is 12.1 Å². The zero-order valence-electron chi connectivity index (χ0n) is 8.52. The summed E-state index contributed by atoms with van der Waals surface area (Å²) >= 11 is 0. The molecule has 7 heteroatoms. The molecule has 2 N–H and O–H groups in total. The number of hydrogen-bond donors (Lipinski definition) is 2. The summed E-state index contributed by atoms with van der Waals surface area (Å²) in [5.74, 6) is 0. The Hall–Kier alpha value is -1.60. The molecule has 3 aliphatic rings. The predicted molar refractivity (Wildman–Crippen MR) is 53.2 cm³/mol. The summed E-state index contributed by atoms with van der Waals surface area (Å²) in [7, 11) is 1.38. The van der Waals surface area contributed by atoms with Crippen molar-refractivity contribution in [1.82, 2.24) is 13.9 Å². The van der Waals surface area contributed by atoms with Crippen molar-refractivity contribution < 1.29 is 10.2 Å². The van der Waals surface area contributed by atoms with E-state index in [4.69, 9.17) is 0 Å². The van der Waals surface area contributed by atoms with Gasteiger partial charge in [0.25, 0.3) is 0 Å². The Morgan fingerprint density at radius 1 is 1.00 bits per heavy atom. The standard InChI is InChI=1S/C9H11N3O4/c1-10-8(15)11-4-2-3-5(7(14)6(4)13)12(11)9(10)16/h2-7,13-14H,1H3. The summed E-state index contributed by atoms with van der Waals surface area (Å²) in [4.78, 5) is 23.5. The van der Waals surface area contributed by atoms with Gasteiger partial charge < -0.3 is 10.2 Å². The van der Waals surface area contributed by atoms with Crippen molar-refractivity contribution in [3.8, 4) is 0 Å². The molecule has 2 aliphatic heterocycles. The van der Waals surface area contributed by atoms with E-state index in [2.05, 4.69) is 0 Å². The van der Waals surface area contributed by atoms with E-state index in [1.165, 1.54) is 16.4 Å². The first-order valence-corrected chi connectivity index (χ1v) is 4.98. The number of hydrogen-bond acceptors (Lipinski definition) is 4. The van der Waals surface area contributed by atoms with Crippen LogP contribution in [-0.2, 0) is 7.05 Å². The molecule has 0 amide bonds. The van der Waals surface area contributed by atoms with Gasteiger partial charge >= 0.3 is 11.4 Å². The van der Waals surface area contributed by atoms with Crippen LogP contribution in [-0.4, -0.2) is 36.4 Å². The van der Waals surface area contributed by atoms with E-state index in [9.17, 15) is 19.8 Å². The number of aromatic nitrogens is 3. The van der Waals surface area contributed by atoms with E-state index in [0.29, 0.717) is 0 Å². The number of rotatable bonds is 0. The summed E-state index contributed by atoms with van der Waals surface area (Å²) in [6.07, 6.45) is 1.19. The minimum Gasteiger partial charge on any atom is -0.388 e. The molecule has 16 heavy (non-hydrogen) atoms. The number of nitrogens with zero attached hydrogens (tertiary/aromatic N) is 3. The summed E-state index contributed by atoms with van der Waals surface area (Å²) in [6.45, 7) is 0. The van der Waals surface area contributed by atoms with Gasteiger partial charge in [0.15, 0.2) is 0 Å². The molecule has 0 saturated carbocycles. The van der Waals surface area contributed by atoms with Crippen molar-refractivity contribution in [2.75, 3.05) is 0 Å². The third-order valence-corrected chi connectivity index (χ3v) is 3.32. The minimum absolute atomic E-state index is 0.477. The van der Waals surface area contributed by atoms with Gasteiger partial charge in [-0.05, 0) is 0 Å². The third kappa shape index (κ3) is 0.856. The van der Waals surface area contributed by atoms with Crippen LogP contribution in [0, 0.1) is 0 Å². The second kappa shape index (κ2) is 2.74. The number of fused-ring (bicyclic) bond motifs is 1. The molecule has 1 aromatic heterocycles. The van der Waals surface area contributed by atoms with E-state index in [1.807, 2.05) is 0 Å². The summed E-state index contributed by atoms with van der Waals surface area (Å²) in [5.41, 5.74) is -0.953. The van der Waals surface area contributed by atoms with Crippen molar-refractivity contribution >= 4 is 0 Å². The van der Waals surface area contributed by atoms with Crippen LogP contribution in [0.4, 0.5) is 0 Å².